The van der Waals surface area contributed by atoms with Crippen LogP contribution in [0.5, 0.6) is 0 Å². The number of anilines is 2. The molecule has 0 spiro atoms. The number of aromatic nitrogens is 2. The van der Waals surface area contributed by atoms with Gasteiger partial charge in [0.1, 0.15) is 11.5 Å². The van der Waals surface area contributed by atoms with E-state index in [0.29, 0.717) is 22.5 Å². The monoisotopic (exact) mass is 546 g/mol. The van der Waals surface area contributed by atoms with Gasteiger partial charge in [0.05, 0.1) is 23.2 Å². The van der Waals surface area contributed by atoms with E-state index in [1.807, 2.05) is 36.4 Å². The number of hydrogen-bond acceptors (Lipinski definition) is 5. The van der Waals surface area contributed by atoms with Gasteiger partial charge in [-0.3, -0.25) is 14.4 Å². The lowest BCUT2D eigenvalue weighted by atomic mass is 10.1. The number of hydrogen-bond donors (Lipinski definition) is 3. The first-order valence-electron chi connectivity index (χ1n) is 12.5. The largest absolute Gasteiger partial charge is 0.329 e. The first-order chi connectivity index (χ1) is 20.0. The summed E-state index contributed by atoms with van der Waals surface area (Å²) in [6, 6.07) is 30.3. The third-order valence-electron chi connectivity index (χ3n) is 5.91. The minimum Gasteiger partial charge on any atom is -0.322 e. The number of hydrazone groups is 1. The number of benzene rings is 4. The van der Waals surface area contributed by atoms with Crippen LogP contribution < -0.4 is 16.1 Å². The van der Waals surface area contributed by atoms with Crippen LogP contribution in [-0.4, -0.2) is 33.7 Å². The van der Waals surface area contributed by atoms with Gasteiger partial charge in [-0.2, -0.15) is 10.2 Å². The normalized spacial score (nSPS) is 10.8. The van der Waals surface area contributed by atoms with Gasteiger partial charge in [0.2, 0.25) is 0 Å². The zero-order valence-corrected chi connectivity index (χ0v) is 21.5. The fourth-order valence-electron chi connectivity index (χ4n) is 3.93. The first kappa shape index (κ1) is 26.7. The SMILES string of the molecule is O=C(N/N=C/c1cn(-c2ccccc2)nc1-c1ccc(F)cc1)C(=O)Nc1ccccc1C(=O)Nc1ccccc1. The van der Waals surface area contributed by atoms with Crippen molar-refractivity contribution in [3.63, 3.8) is 0 Å². The van der Waals surface area contributed by atoms with E-state index in [1.165, 1.54) is 30.5 Å². The van der Waals surface area contributed by atoms with Crippen molar-refractivity contribution in [3.05, 3.63) is 132 Å². The summed E-state index contributed by atoms with van der Waals surface area (Å²) in [5.74, 6) is -2.89. The number of nitrogens with zero attached hydrogens (tertiary/aromatic N) is 3. The number of carbonyl (C=O) groups is 3. The summed E-state index contributed by atoms with van der Waals surface area (Å²) < 4.78 is 15.1. The van der Waals surface area contributed by atoms with Crippen molar-refractivity contribution >= 4 is 35.3 Å². The van der Waals surface area contributed by atoms with E-state index < -0.39 is 17.7 Å². The molecule has 41 heavy (non-hydrogen) atoms. The highest BCUT2D eigenvalue weighted by Gasteiger charge is 2.18. The number of carbonyl (C=O) groups excluding carboxylic acids is 3. The second-order valence-electron chi connectivity index (χ2n) is 8.74. The number of rotatable bonds is 7. The third kappa shape index (κ3) is 6.58. The molecule has 0 fully saturated rings. The summed E-state index contributed by atoms with van der Waals surface area (Å²) >= 11 is 0. The minimum absolute atomic E-state index is 0.160. The summed E-state index contributed by atoms with van der Waals surface area (Å²) in [5.41, 5.74) is 5.56. The van der Waals surface area contributed by atoms with Crippen molar-refractivity contribution in [2.75, 3.05) is 10.6 Å². The lowest BCUT2D eigenvalue weighted by molar-refractivity contribution is -0.136. The van der Waals surface area contributed by atoms with Crippen LogP contribution in [0, 0.1) is 5.82 Å². The van der Waals surface area contributed by atoms with Gasteiger partial charge >= 0.3 is 11.8 Å². The fraction of sp³-hybridized carbons (Fsp3) is 0. The summed E-state index contributed by atoms with van der Waals surface area (Å²) in [5, 5.41) is 13.7. The molecule has 1 heterocycles. The third-order valence-corrected chi connectivity index (χ3v) is 5.91. The van der Waals surface area contributed by atoms with Crippen molar-refractivity contribution in [2.24, 2.45) is 5.10 Å². The molecule has 5 aromatic rings. The van der Waals surface area contributed by atoms with E-state index in [9.17, 15) is 18.8 Å². The Kier molecular flexibility index (Phi) is 8.01. The molecule has 1 aromatic heterocycles. The van der Waals surface area contributed by atoms with Crippen LogP contribution in [0.15, 0.2) is 120 Å². The maximum Gasteiger partial charge on any atom is 0.329 e. The summed E-state index contributed by atoms with van der Waals surface area (Å²) in [6.45, 7) is 0. The van der Waals surface area contributed by atoms with E-state index in [4.69, 9.17) is 0 Å². The van der Waals surface area contributed by atoms with E-state index in [2.05, 4.69) is 26.3 Å². The van der Waals surface area contributed by atoms with E-state index in [1.54, 1.807) is 59.4 Å². The highest BCUT2D eigenvalue weighted by atomic mass is 19.1. The Balaban J connectivity index is 1.30. The van der Waals surface area contributed by atoms with Crippen molar-refractivity contribution in [1.29, 1.82) is 0 Å². The van der Waals surface area contributed by atoms with Crippen LogP contribution in [0.4, 0.5) is 15.8 Å². The molecule has 0 aliphatic heterocycles. The molecule has 0 unspecified atom stereocenters. The summed E-state index contributed by atoms with van der Waals surface area (Å²) in [6.07, 6.45) is 3.04. The molecule has 3 N–H and O–H groups in total. The Labute approximate surface area is 234 Å². The predicted molar refractivity (Wildman–Crippen MR) is 154 cm³/mol. The Morgan fingerprint density at radius 1 is 0.756 bits per heavy atom. The quantitative estimate of drug-likeness (QED) is 0.151. The van der Waals surface area contributed by atoms with Crippen LogP contribution in [0.1, 0.15) is 15.9 Å². The molecule has 0 aliphatic carbocycles. The van der Waals surface area contributed by atoms with Crippen molar-refractivity contribution in [3.8, 4) is 16.9 Å². The van der Waals surface area contributed by atoms with Gasteiger partial charge in [-0.25, -0.2) is 14.5 Å². The molecular weight excluding hydrogens is 523 g/mol. The van der Waals surface area contributed by atoms with E-state index in [-0.39, 0.29) is 17.1 Å². The van der Waals surface area contributed by atoms with Crippen LogP contribution in [-0.2, 0) is 9.59 Å². The van der Waals surface area contributed by atoms with Crippen LogP contribution >= 0.6 is 0 Å². The molecule has 0 saturated carbocycles. The summed E-state index contributed by atoms with van der Waals surface area (Å²) in [4.78, 5) is 37.9. The standard InChI is InChI=1S/C31H23FN6O3/c32-23-17-15-21(16-18-23)28-22(20-38(37-28)25-11-5-2-6-12-25)19-33-36-31(41)30(40)35-27-14-8-7-13-26(27)29(39)34-24-9-3-1-4-10-24/h1-20H,(H,34,39)(H,35,40)(H,36,41)/b33-19+. The minimum atomic E-state index is -1.04. The van der Waals surface area contributed by atoms with Gasteiger partial charge in [0.15, 0.2) is 0 Å². The molecule has 4 aromatic carbocycles. The maximum atomic E-state index is 13.5. The molecule has 9 nitrogen and oxygen atoms in total. The van der Waals surface area contributed by atoms with Crippen molar-refractivity contribution in [2.45, 2.75) is 0 Å². The second-order valence-corrected chi connectivity index (χ2v) is 8.74. The highest BCUT2D eigenvalue weighted by Crippen LogP contribution is 2.23. The van der Waals surface area contributed by atoms with Crippen LogP contribution in [0.25, 0.3) is 16.9 Å². The molecule has 0 radical (unpaired) electrons. The topological polar surface area (TPSA) is 117 Å². The highest BCUT2D eigenvalue weighted by molar-refractivity contribution is 6.40. The molecule has 0 atom stereocenters. The Morgan fingerprint density at radius 2 is 1.41 bits per heavy atom. The zero-order chi connectivity index (χ0) is 28.6. The molecule has 0 aliphatic rings. The lowest BCUT2D eigenvalue weighted by Crippen LogP contribution is -2.33. The molecular formula is C31H23FN6O3. The van der Waals surface area contributed by atoms with E-state index in [0.717, 1.165) is 5.69 Å². The van der Waals surface area contributed by atoms with Crippen LogP contribution in [0.3, 0.4) is 0 Å². The van der Waals surface area contributed by atoms with Crippen molar-refractivity contribution < 1.29 is 18.8 Å². The molecule has 202 valence electrons. The molecule has 5 rings (SSSR count). The number of para-hydroxylation sites is 3. The molecule has 0 bridgehead atoms. The van der Waals surface area contributed by atoms with E-state index >= 15 is 0 Å². The van der Waals surface area contributed by atoms with Gasteiger partial charge in [-0.1, -0.05) is 48.5 Å². The first-order valence-corrected chi connectivity index (χ1v) is 12.5. The maximum absolute atomic E-state index is 13.5. The Hall–Kier alpha value is -5.90. The average Bonchev–Trinajstić information content (AvgIpc) is 3.43. The number of halogens is 1. The van der Waals surface area contributed by atoms with Crippen molar-refractivity contribution in [1.82, 2.24) is 15.2 Å². The van der Waals surface area contributed by atoms with Gasteiger partial charge < -0.3 is 10.6 Å². The molecule has 10 heteroatoms. The smallest absolute Gasteiger partial charge is 0.322 e. The van der Waals surface area contributed by atoms with Gasteiger partial charge in [0.25, 0.3) is 5.91 Å². The van der Waals surface area contributed by atoms with Gasteiger partial charge in [0, 0.05) is 23.0 Å². The number of amides is 3. The summed E-state index contributed by atoms with van der Waals surface area (Å²) in [7, 11) is 0. The second kappa shape index (κ2) is 12.3. The predicted octanol–water partition coefficient (Wildman–Crippen LogP) is 5.02. The Morgan fingerprint density at radius 3 is 2.15 bits per heavy atom. The molecule has 0 saturated heterocycles. The van der Waals surface area contributed by atoms with Crippen LogP contribution in [0.2, 0.25) is 0 Å². The fourth-order valence-corrected chi connectivity index (χ4v) is 3.93. The number of nitrogens with one attached hydrogen (secondary N) is 3. The zero-order valence-electron chi connectivity index (χ0n) is 21.5. The van der Waals surface area contributed by atoms with Gasteiger partial charge in [-0.15, -0.1) is 0 Å². The van der Waals surface area contributed by atoms with Gasteiger partial charge in [-0.05, 0) is 60.7 Å². The average molecular weight is 547 g/mol. The Bertz CT molecular complexity index is 1720. The molecule has 3 amide bonds. The lowest BCUT2D eigenvalue weighted by Gasteiger charge is -2.11.